The third-order valence-corrected chi connectivity index (χ3v) is 5.45. The molecule has 27 heavy (non-hydrogen) atoms. The molecule has 0 aliphatic heterocycles. The van der Waals surface area contributed by atoms with Crippen molar-refractivity contribution >= 4 is 32.6 Å². The number of nitro groups is 1. The zero-order chi connectivity index (χ0) is 19.6. The van der Waals surface area contributed by atoms with Crippen LogP contribution in [0.5, 0.6) is 0 Å². The number of aromatic nitrogens is 1. The molecule has 10 heteroatoms. The zero-order valence-corrected chi connectivity index (χ0v) is 14.6. The van der Waals surface area contributed by atoms with Crippen LogP contribution in [-0.4, -0.2) is 35.4 Å². The van der Waals surface area contributed by atoms with Gasteiger partial charge in [0.15, 0.2) is 0 Å². The first-order valence-electron chi connectivity index (χ1n) is 7.82. The number of hydrogen-bond donors (Lipinski definition) is 3. The van der Waals surface area contributed by atoms with Gasteiger partial charge in [-0.15, -0.1) is 0 Å². The Labute approximate surface area is 153 Å². The predicted molar refractivity (Wildman–Crippen MR) is 96.8 cm³/mol. The predicted octanol–water partition coefficient (Wildman–Crippen LogP) is 2.05. The summed E-state index contributed by atoms with van der Waals surface area (Å²) in [5.41, 5.74) is 1.12. The summed E-state index contributed by atoms with van der Waals surface area (Å²) in [5, 5.41) is 21.0. The number of H-pyrrole nitrogens is 1. The van der Waals surface area contributed by atoms with Gasteiger partial charge in [-0.3, -0.25) is 14.9 Å². The van der Waals surface area contributed by atoms with E-state index in [1.807, 2.05) is 24.3 Å². The van der Waals surface area contributed by atoms with Crippen LogP contribution in [-0.2, 0) is 21.2 Å². The van der Waals surface area contributed by atoms with Crippen molar-refractivity contribution in [3.8, 4) is 0 Å². The highest BCUT2D eigenvalue weighted by Crippen LogP contribution is 2.18. The van der Waals surface area contributed by atoms with Crippen LogP contribution in [0.2, 0.25) is 0 Å². The number of carbonyl (C=O) groups is 1. The number of para-hydroxylation sites is 1. The molecule has 3 rings (SSSR count). The van der Waals surface area contributed by atoms with Crippen LogP contribution in [0.4, 0.5) is 5.69 Å². The molecule has 0 aliphatic carbocycles. The number of carboxylic acids is 1. The SMILES string of the molecule is O=C(O)[C@H](Cc1cc2ccccc2[nH]1)NS(=O)(=O)c1ccc([N+](=O)[O-])cc1. The molecule has 3 aromatic rings. The van der Waals surface area contributed by atoms with E-state index in [4.69, 9.17) is 0 Å². The third-order valence-electron chi connectivity index (χ3n) is 3.96. The molecule has 0 spiro atoms. The number of hydrogen-bond acceptors (Lipinski definition) is 5. The normalized spacial score (nSPS) is 12.7. The van der Waals surface area contributed by atoms with Gasteiger partial charge in [0.2, 0.25) is 10.0 Å². The summed E-state index contributed by atoms with van der Waals surface area (Å²) < 4.78 is 27.0. The molecule has 9 nitrogen and oxygen atoms in total. The lowest BCUT2D eigenvalue weighted by atomic mass is 10.1. The highest BCUT2D eigenvalue weighted by molar-refractivity contribution is 7.89. The van der Waals surface area contributed by atoms with Crippen LogP contribution in [0.25, 0.3) is 10.9 Å². The van der Waals surface area contributed by atoms with Gasteiger partial charge in [-0.1, -0.05) is 18.2 Å². The maximum atomic E-state index is 12.4. The smallest absolute Gasteiger partial charge is 0.322 e. The second-order valence-electron chi connectivity index (χ2n) is 5.85. The lowest BCUT2D eigenvalue weighted by Gasteiger charge is -2.14. The standard InChI is InChI=1S/C17H15N3O6S/c21-17(22)16(10-12-9-11-3-1-2-4-15(11)18-12)19-27(25,26)14-7-5-13(6-8-14)20(23)24/h1-9,16,18-19H,10H2,(H,21,22)/t16-/m0/s1. The molecular weight excluding hydrogens is 374 g/mol. The topological polar surface area (TPSA) is 142 Å². The average Bonchev–Trinajstić information content (AvgIpc) is 3.03. The molecular formula is C17H15N3O6S. The molecule has 1 atom stereocenters. The van der Waals surface area contributed by atoms with Gasteiger partial charge in [0.25, 0.3) is 5.69 Å². The maximum Gasteiger partial charge on any atom is 0.322 e. The molecule has 0 aliphatic rings. The number of aliphatic carboxylic acids is 1. The number of carboxylic acid groups (broad SMARTS) is 1. The summed E-state index contributed by atoms with van der Waals surface area (Å²) in [4.78, 5) is 24.4. The van der Waals surface area contributed by atoms with E-state index in [2.05, 4.69) is 9.71 Å². The first kappa shape index (κ1) is 18.5. The number of rotatable bonds is 7. The number of sulfonamides is 1. The Morgan fingerprint density at radius 3 is 2.44 bits per heavy atom. The molecule has 0 fully saturated rings. The van der Waals surface area contributed by atoms with Crippen LogP contribution in [0, 0.1) is 10.1 Å². The van der Waals surface area contributed by atoms with Crippen molar-refractivity contribution in [2.45, 2.75) is 17.4 Å². The quantitative estimate of drug-likeness (QED) is 0.417. The molecule has 0 unspecified atom stereocenters. The molecule has 140 valence electrons. The van der Waals surface area contributed by atoms with Crippen molar-refractivity contribution in [2.24, 2.45) is 0 Å². The van der Waals surface area contributed by atoms with E-state index < -0.39 is 27.0 Å². The van der Waals surface area contributed by atoms with Crippen molar-refractivity contribution in [3.05, 3.63) is 70.4 Å². The Kier molecular flexibility index (Phi) is 4.93. The molecule has 0 saturated heterocycles. The van der Waals surface area contributed by atoms with E-state index in [0.717, 1.165) is 35.2 Å². The number of nitrogens with zero attached hydrogens (tertiary/aromatic N) is 1. The van der Waals surface area contributed by atoms with Crippen molar-refractivity contribution in [3.63, 3.8) is 0 Å². The van der Waals surface area contributed by atoms with Crippen LogP contribution in [0.15, 0.2) is 59.5 Å². The summed E-state index contributed by atoms with van der Waals surface area (Å²) in [6.07, 6.45) is -0.0871. The van der Waals surface area contributed by atoms with E-state index in [0.29, 0.717) is 5.69 Å². The van der Waals surface area contributed by atoms with Gasteiger partial charge in [0.05, 0.1) is 9.82 Å². The number of nitrogens with one attached hydrogen (secondary N) is 2. The fraction of sp³-hybridized carbons (Fsp3) is 0.118. The highest BCUT2D eigenvalue weighted by Gasteiger charge is 2.26. The van der Waals surface area contributed by atoms with Gasteiger partial charge >= 0.3 is 5.97 Å². The molecule has 0 radical (unpaired) electrons. The van der Waals surface area contributed by atoms with Gasteiger partial charge in [-0.2, -0.15) is 4.72 Å². The third kappa shape index (κ3) is 4.13. The van der Waals surface area contributed by atoms with Gasteiger partial charge < -0.3 is 10.1 Å². The van der Waals surface area contributed by atoms with Gasteiger partial charge in [0.1, 0.15) is 6.04 Å². The van der Waals surface area contributed by atoms with E-state index >= 15 is 0 Å². The minimum atomic E-state index is -4.16. The van der Waals surface area contributed by atoms with E-state index in [1.54, 1.807) is 6.07 Å². The van der Waals surface area contributed by atoms with Crippen molar-refractivity contribution in [1.82, 2.24) is 9.71 Å². The summed E-state index contributed by atoms with van der Waals surface area (Å²) in [7, 11) is -4.16. The summed E-state index contributed by atoms with van der Waals surface area (Å²) in [6, 6.07) is 11.9. The molecule has 2 aromatic carbocycles. The molecule has 3 N–H and O–H groups in total. The van der Waals surface area contributed by atoms with Crippen molar-refractivity contribution in [2.75, 3.05) is 0 Å². The summed E-state index contributed by atoms with van der Waals surface area (Å²) >= 11 is 0. The monoisotopic (exact) mass is 389 g/mol. The lowest BCUT2D eigenvalue weighted by molar-refractivity contribution is -0.384. The molecule has 0 amide bonds. The van der Waals surface area contributed by atoms with E-state index in [9.17, 15) is 28.4 Å². The Balaban J connectivity index is 1.82. The number of nitro benzene ring substituents is 1. The first-order chi connectivity index (χ1) is 12.8. The molecule has 1 aromatic heterocycles. The van der Waals surface area contributed by atoms with Gasteiger partial charge in [-0.25, -0.2) is 8.42 Å². The van der Waals surface area contributed by atoms with Crippen molar-refractivity contribution < 1.29 is 23.2 Å². The van der Waals surface area contributed by atoms with Crippen LogP contribution >= 0.6 is 0 Å². The maximum absolute atomic E-state index is 12.4. The van der Waals surface area contributed by atoms with Crippen LogP contribution < -0.4 is 4.72 Å². The number of benzene rings is 2. The fourth-order valence-corrected chi connectivity index (χ4v) is 3.83. The number of aromatic amines is 1. The van der Waals surface area contributed by atoms with Gasteiger partial charge in [0, 0.05) is 29.8 Å². The Hall–Kier alpha value is -3.24. The zero-order valence-electron chi connectivity index (χ0n) is 13.8. The largest absolute Gasteiger partial charge is 0.480 e. The highest BCUT2D eigenvalue weighted by atomic mass is 32.2. The Morgan fingerprint density at radius 2 is 1.85 bits per heavy atom. The second-order valence-corrected chi connectivity index (χ2v) is 7.56. The molecule has 0 saturated carbocycles. The number of fused-ring (bicyclic) bond motifs is 1. The lowest BCUT2D eigenvalue weighted by Crippen LogP contribution is -2.42. The Morgan fingerprint density at radius 1 is 1.19 bits per heavy atom. The van der Waals surface area contributed by atoms with Gasteiger partial charge in [-0.05, 0) is 29.7 Å². The molecule has 0 bridgehead atoms. The molecule has 1 heterocycles. The summed E-state index contributed by atoms with van der Waals surface area (Å²) in [6.45, 7) is 0. The van der Waals surface area contributed by atoms with Crippen LogP contribution in [0.3, 0.4) is 0 Å². The average molecular weight is 389 g/mol. The Bertz CT molecular complexity index is 1070. The minimum absolute atomic E-state index is 0.0871. The van der Waals surface area contributed by atoms with E-state index in [1.165, 1.54) is 0 Å². The fourth-order valence-electron chi connectivity index (χ4n) is 2.65. The second kappa shape index (κ2) is 7.17. The first-order valence-corrected chi connectivity index (χ1v) is 9.31. The van der Waals surface area contributed by atoms with E-state index in [-0.39, 0.29) is 17.0 Å². The van der Waals surface area contributed by atoms with Crippen molar-refractivity contribution in [1.29, 1.82) is 0 Å². The number of non-ortho nitro benzene ring substituents is 1. The van der Waals surface area contributed by atoms with Crippen LogP contribution in [0.1, 0.15) is 5.69 Å². The summed E-state index contributed by atoms with van der Waals surface area (Å²) in [5.74, 6) is -1.33. The minimum Gasteiger partial charge on any atom is -0.480 e.